The van der Waals surface area contributed by atoms with Gasteiger partial charge in [0.2, 0.25) is 0 Å². The molecule has 0 aromatic heterocycles. The van der Waals surface area contributed by atoms with Gasteiger partial charge in [0.25, 0.3) is 0 Å². The zero-order chi connectivity index (χ0) is 10.5. The Balaban J connectivity index is 0. The Hall–Kier alpha value is 0.269. The van der Waals surface area contributed by atoms with E-state index in [1.807, 2.05) is 0 Å². The van der Waals surface area contributed by atoms with Gasteiger partial charge in [0.15, 0.2) is 0 Å². The molecule has 0 rings (SSSR count). The number of aliphatic carboxylic acids is 1. The molecule has 0 aliphatic rings. The van der Waals surface area contributed by atoms with E-state index in [0.29, 0.717) is 0 Å². The zero-order valence-electron chi connectivity index (χ0n) is 9.06. The van der Waals surface area contributed by atoms with Gasteiger partial charge >= 0.3 is 69.5 Å². The van der Waals surface area contributed by atoms with E-state index in [9.17, 15) is 0 Å². The molecule has 0 saturated heterocycles. The molecule has 0 aromatic rings. The maximum absolute atomic E-state index is 8.89. The second-order valence-electron chi connectivity index (χ2n) is 2.95. The van der Waals surface area contributed by atoms with Gasteiger partial charge in [0.1, 0.15) is 0 Å². The number of carboxylic acids is 1. The van der Waals surface area contributed by atoms with Gasteiger partial charge < -0.3 is 9.90 Å². The predicted molar refractivity (Wildman–Crippen MR) is 55.9 cm³/mol. The van der Waals surface area contributed by atoms with Crippen molar-refractivity contribution in [2.24, 2.45) is 0 Å². The van der Waals surface area contributed by atoms with Gasteiger partial charge in [-0.15, -0.1) is 0 Å². The Morgan fingerprint density at radius 1 is 1.15 bits per heavy atom. The third-order valence-corrected chi connectivity index (χ3v) is 5.45. The first-order chi connectivity index (χ1) is 6.15. The summed E-state index contributed by atoms with van der Waals surface area (Å²) in [6.45, 7) is 5.55. The quantitative estimate of drug-likeness (QED) is 0.554. The monoisotopic (exact) mass is 293 g/mol. The molecule has 13 heavy (non-hydrogen) atoms. The molecule has 0 bridgehead atoms. The standard InChI is InChI=1S/2C4H9.C2H4O2.Sn/c2*1-3-4-2;1-2(3)4;/h2*1,3-4H2,2H3;1H3,(H,3,4);/q;;;+2/p-1. The summed E-state index contributed by atoms with van der Waals surface area (Å²) in [5, 5.41) is 8.89. The van der Waals surface area contributed by atoms with Crippen molar-refractivity contribution in [1.29, 1.82) is 0 Å². The molecule has 0 fully saturated rings. The first-order valence-electron chi connectivity index (χ1n) is 5.03. The van der Waals surface area contributed by atoms with E-state index in [2.05, 4.69) is 13.8 Å². The molecule has 0 radical (unpaired) electrons. The van der Waals surface area contributed by atoms with Crippen molar-refractivity contribution in [2.75, 3.05) is 0 Å². The average Bonchev–Trinajstić information content (AvgIpc) is 2.03. The third kappa shape index (κ3) is 32.9. The summed E-state index contributed by atoms with van der Waals surface area (Å²) in [5.41, 5.74) is 0. The molecule has 0 aromatic carbocycles. The minimum absolute atomic E-state index is 0.149. The molecular weight excluding hydrogens is 271 g/mol. The Bertz CT molecular complexity index is 95.1. The van der Waals surface area contributed by atoms with E-state index in [4.69, 9.17) is 9.90 Å². The second kappa shape index (κ2) is 14.8. The summed E-state index contributed by atoms with van der Waals surface area (Å²) in [5.74, 6) is -1.08. The molecule has 0 aliphatic carbocycles. The van der Waals surface area contributed by atoms with E-state index in [1.165, 1.54) is 25.7 Å². The van der Waals surface area contributed by atoms with Gasteiger partial charge in [-0.2, -0.15) is 0 Å². The van der Waals surface area contributed by atoms with Gasteiger partial charge in [-0.25, -0.2) is 0 Å². The Morgan fingerprint density at radius 3 is 1.69 bits per heavy atom. The van der Waals surface area contributed by atoms with Crippen molar-refractivity contribution in [3.8, 4) is 0 Å². The molecule has 0 aliphatic heterocycles. The first-order valence-corrected chi connectivity index (χ1v) is 9.07. The summed E-state index contributed by atoms with van der Waals surface area (Å²) in [6.07, 6.45) is 5.84. The van der Waals surface area contributed by atoms with Crippen LogP contribution in [0.25, 0.3) is 0 Å². The van der Waals surface area contributed by atoms with Crippen LogP contribution < -0.4 is 5.11 Å². The van der Waals surface area contributed by atoms with Gasteiger partial charge in [-0.1, -0.05) is 0 Å². The molecule has 0 unspecified atom stereocenters. The van der Waals surface area contributed by atoms with E-state index < -0.39 is 5.97 Å². The van der Waals surface area contributed by atoms with Crippen LogP contribution in [0.4, 0.5) is 0 Å². The number of carboxylic acid groups (broad SMARTS) is 1. The number of hydrogen-bond acceptors (Lipinski definition) is 2. The molecule has 76 valence electrons. The zero-order valence-corrected chi connectivity index (χ0v) is 11.9. The molecule has 0 N–H and O–H groups in total. The molecule has 3 heteroatoms. The fourth-order valence-corrected chi connectivity index (χ4v) is 4.89. The number of carbonyl (C=O) groups is 1. The third-order valence-electron chi connectivity index (χ3n) is 1.41. The van der Waals surface area contributed by atoms with Crippen LogP contribution in [0.1, 0.15) is 46.5 Å². The minimum atomic E-state index is -1.08. The fraction of sp³-hybridized carbons (Fsp3) is 0.900. The van der Waals surface area contributed by atoms with E-state index in [0.717, 1.165) is 6.92 Å². The molecule has 2 nitrogen and oxygen atoms in total. The van der Waals surface area contributed by atoms with Crippen LogP contribution in [0.2, 0.25) is 8.87 Å². The van der Waals surface area contributed by atoms with Gasteiger partial charge in [-0.3, -0.25) is 0 Å². The first kappa shape index (κ1) is 15.7. The summed E-state index contributed by atoms with van der Waals surface area (Å²) in [7, 11) is 0. The number of hydrogen-bond donors (Lipinski definition) is 0. The Labute approximate surface area is 92.3 Å². The van der Waals surface area contributed by atoms with E-state index >= 15 is 0 Å². The second-order valence-corrected chi connectivity index (χ2v) is 7.23. The normalized spacial score (nSPS) is 8.23. The number of carbonyl (C=O) groups excluding carboxylic acids is 1. The fourth-order valence-electron chi connectivity index (χ4n) is 0.729. The predicted octanol–water partition coefficient (Wildman–Crippen LogP) is 1.88. The van der Waals surface area contributed by atoms with E-state index in [-0.39, 0.29) is 21.1 Å². The SMILES string of the molecule is CC(=O)[O-].CCC[CH2][Sn+2][CH2]CCC. The summed E-state index contributed by atoms with van der Waals surface area (Å²) in [4.78, 5) is 8.89. The van der Waals surface area contributed by atoms with Crippen molar-refractivity contribution in [3.63, 3.8) is 0 Å². The summed E-state index contributed by atoms with van der Waals surface area (Å²) in [6, 6.07) is 0. The van der Waals surface area contributed by atoms with Gasteiger partial charge in [-0.05, 0) is 6.92 Å². The van der Waals surface area contributed by atoms with Crippen LogP contribution in [0.15, 0.2) is 0 Å². The van der Waals surface area contributed by atoms with Crippen LogP contribution in [-0.4, -0.2) is 27.1 Å². The van der Waals surface area contributed by atoms with Gasteiger partial charge in [0.05, 0.1) is 0 Å². The van der Waals surface area contributed by atoms with Crippen LogP contribution in [0, 0.1) is 0 Å². The molecule has 0 saturated carbocycles. The number of rotatable bonds is 6. The number of unbranched alkanes of at least 4 members (excludes halogenated alkanes) is 2. The Kier molecular flexibility index (Phi) is 17.9. The van der Waals surface area contributed by atoms with Crippen LogP contribution >= 0.6 is 0 Å². The van der Waals surface area contributed by atoms with Crippen molar-refractivity contribution < 1.29 is 9.90 Å². The van der Waals surface area contributed by atoms with Crippen LogP contribution in [0.3, 0.4) is 0 Å². The van der Waals surface area contributed by atoms with E-state index in [1.54, 1.807) is 8.87 Å². The molecular formula is C10H21O2Sn+. The van der Waals surface area contributed by atoms with Crippen molar-refractivity contribution in [3.05, 3.63) is 0 Å². The molecule has 0 spiro atoms. The van der Waals surface area contributed by atoms with Gasteiger partial charge in [0, 0.05) is 5.97 Å². The summed E-state index contributed by atoms with van der Waals surface area (Å²) < 4.78 is 3.25. The average molecular weight is 292 g/mol. The molecule has 0 amide bonds. The topological polar surface area (TPSA) is 40.1 Å². The Morgan fingerprint density at radius 2 is 1.46 bits per heavy atom. The van der Waals surface area contributed by atoms with Crippen molar-refractivity contribution >= 4 is 27.1 Å². The molecule has 0 atom stereocenters. The van der Waals surface area contributed by atoms with Crippen LogP contribution in [0.5, 0.6) is 0 Å². The van der Waals surface area contributed by atoms with Crippen molar-refractivity contribution in [2.45, 2.75) is 55.3 Å². The molecule has 0 heterocycles. The van der Waals surface area contributed by atoms with Crippen molar-refractivity contribution in [1.82, 2.24) is 0 Å². The summed E-state index contributed by atoms with van der Waals surface area (Å²) >= 11 is 0.149. The van der Waals surface area contributed by atoms with Crippen LogP contribution in [-0.2, 0) is 4.79 Å². The maximum atomic E-state index is 8.89.